The van der Waals surface area contributed by atoms with E-state index in [-0.39, 0.29) is 24.8 Å². The zero-order valence-electron chi connectivity index (χ0n) is 19.5. The number of aromatic nitrogens is 5. The Morgan fingerprint density at radius 1 is 1.03 bits per heavy atom. The highest BCUT2D eigenvalue weighted by atomic mass is 35.5. The van der Waals surface area contributed by atoms with E-state index >= 15 is 0 Å². The number of hydrogen-bond acceptors (Lipinski definition) is 6. The molecule has 4 aromatic rings. The zero-order chi connectivity index (χ0) is 22.4. The van der Waals surface area contributed by atoms with Gasteiger partial charge in [-0.15, -0.1) is 24.8 Å². The summed E-state index contributed by atoms with van der Waals surface area (Å²) in [5.41, 5.74) is 5.66. The van der Waals surface area contributed by atoms with Crippen LogP contribution in [-0.2, 0) is 7.05 Å². The standard InChI is InChI=1S/C25H26N8.2ClH/c1-31-14-21(13-29-31)19-9-22(24-20(10-26)12-30-33(24)15-19)18-3-4-23(28-11-18)32-8-6-25(17-32)5-2-7-27-16-25;;/h3-4,9,11-15,27H,2,5-8,16-17H2,1H3;2*1H. The molecule has 0 saturated carbocycles. The first-order chi connectivity index (χ1) is 16.1. The van der Waals surface area contributed by atoms with Crippen LogP contribution in [0.3, 0.4) is 0 Å². The summed E-state index contributed by atoms with van der Waals surface area (Å²) in [4.78, 5) is 7.26. The van der Waals surface area contributed by atoms with Gasteiger partial charge in [0.1, 0.15) is 11.9 Å². The molecule has 2 aliphatic rings. The molecule has 35 heavy (non-hydrogen) atoms. The minimum absolute atomic E-state index is 0. The minimum Gasteiger partial charge on any atom is -0.356 e. The molecule has 8 nitrogen and oxygen atoms in total. The van der Waals surface area contributed by atoms with Gasteiger partial charge in [0.15, 0.2) is 0 Å². The summed E-state index contributed by atoms with van der Waals surface area (Å²) in [6.45, 7) is 4.36. The molecule has 2 saturated heterocycles. The molecular weight excluding hydrogens is 483 g/mol. The van der Waals surface area contributed by atoms with Gasteiger partial charge >= 0.3 is 0 Å². The summed E-state index contributed by atoms with van der Waals surface area (Å²) in [7, 11) is 1.90. The average molecular weight is 511 g/mol. The summed E-state index contributed by atoms with van der Waals surface area (Å²) >= 11 is 0. The Labute approximate surface area is 216 Å². The van der Waals surface area contributed by atoms with Gasteiger partial charge in [-0.05, 0) is 44.0 Å². The lowest BCUT2D eigenvalue weighted by molar-refractivity contribution is 0.239. The lowest BCUT2D eigenvalue weighted by Crippen LogP contribution is -2.42. The van der Waals surface area contributed by atoms with E-state index in [1.54, 1.807) is 15.4 Å². The lowest BCUT2D eigenvalue weighted by Gasteiger charge is -2.33. The fraction of sp³-hybridized carbons (Fsp3) is 0.360. The second-order valence-electron chi connectivity index (χ2n) is 9.37. The highest BCUT2D eigenvalue weighted by Gasteiger charge is 2.39. The number of aryl methyl sites for hydroxylation is 1. The number of nitrogens with one attached hydrogen (secondary N) is 1. The minimum atomic E-state index is 0. The number of nitriles is 1. The van der Waals surface area contributed by atoms with Crippen molar-refractivity contribution in [2.24, 2.45) is 12.5 Å². The van der Waals surface area contributed by atoms with Gasteiger partial charge in [-0.1, -0.05) is 0 Å². The van der Waals surface area contributed by atoms with Gasteiger partial charge in [-0.2, -0.15) is 15.5 Å². The molecule has 6 rings (SSSR count). The third-order valence-corrected chi connectivity index (χ3v) is 7.15. The average Bonchev–Trinajstić information content (AvgIpc) is 3.58. The fourth-order valence-electron chi connectivity index (χ4n) is 5.39. The van der Waals surface area contributed by atoms with Gasteiger partial charge in [0, 0.05) is 72.9 Å². The van der Waals surface area contributed by atoms with Crippen molar-refractivity contribution in [3.05, 3.63) is 54.7 Å². The first-order valence-corrected chi connectivity index (χ1v) is 11.5. The number of hydrogen-bond donors (Lipinski definition) is 1. The molecule has 0 bridgehead atoms. The summed E-state index contributed by atoms with van der Waals surface area (Å²) in [5.74, 6) is 1.02. The van der Waals surface area contributed by atoms with Crippen LogP contribution in [0.15, 0.2) is 49.2 Å². The zero-order valence-corrected chi connectivity index (χ0v) is 21.1. The second-order valence-corrected chi connectivity index (χ2v) is 9.37. The Balaban J connectivity index is 0.00000144. The van der Waals surface area contributed by atoms with Crippen LogP contribution >= 0.6 is 24.8 Å². The van der Waals surface area contributed by atoms with Crippen LogP contribution in [0.5, 0.6) is 0 Å². The molecule has 0 amide bonds. The number of halogens is 2. The largest absolute Gasteiger partial charge is 0.356 e. The van der Waals surface area contributed by atoms with Crippen molar-refractivity contribution >= 4 is 36.1 Å². The third kappa shape index (κ3) is 4.47. The van der Waals surface area contributed by atoms with Crippen LogP contribution in [-0.4, -0.2) is 50.6 Å². The first-order valence-electron chi connectivity index (χ1n) is 11.5. The van der Waals surface area contributed by atoms with Gasteiger partial charge in [0.25, 0.3) is 0 Å². The van der Waals surface area contributed by atoms with Crippen molar-refractivity contribution in [2.45, 2.75) is 19.3 Å². The third-order valence-electron chi connectivity index (χ3n) is 7.15. The Bertz CT molecular complexity index is 1360. The normalized spacial score (nSPS) is 19.4. The molecule has 0 aliphatic carbocycles. The van der Waals surface area contributed by atoms with Gasteiger partial charge in [-0.25, -0.2) is 9.50 Å². The van der Waals surface area contributed by atoms with Crippen molar-refractivity contribution in [3.8, 4) is 28.3 Å². The number of pyridine rings is 2. The summed E-state index contributed by atoms with van der Waals surface area (Å²) in [5, 5.41) is 22.0. The summed E-state index contributed by atoms with van der Waals surface area (Å²) in [6.07, 6.45) is 13.1. The topological polar surface area (TPSA) is 87.1 Å². The predicted octanol–water partition coefficient (Wildman–Crippen LogP) is 4.09. The highest BCUT2D eigenvalue weighted by molar-refractivity contribution is 5.87. The monoisotopic (exact) mass is 510 g/mol. The number of anilines is 1. The highest BCUT2D eigenvalue weighted by Crippen LogP contribution is 2.38. The number of rotatable bonds is 3. The maximum absolute atomic E-state index is 9.65. The van der Waals surface area contributed by atoms with Crippen molar-refractivity contribution in [2.75, 3.05) is 31.1 Å². The Morgan fingerprint density at radius 2 is 1.91 bits per heavy atom. The molecule has 1 atom stereocenters. The predicted molar refractivity (Wildman–Crippen MR) is 141 cm³/mol. The number of fused-ring (bicyclic) bond motifs is 1. The van der Waals surface area contributed by atoms with Gasteiger partial charge in [0.05, 0.1) is 23.5 Å². The molecular formula is C25H28Cl2N8. The van der Waals surface area contributed by atoms with E-state index in [2.05, 4.69) is 44.7 Å². The molecule has 2 aliphatic heterocycles. The summed E-state index contributed by atoms with van der Waals surface area (Å²) < 4.78 is 3.56. The van der Waals surface area contributed by atoms with Gasteiger partial charge < -0.3 is 10.2 Å². The van der Waals surface area contributed by atoms with Crippen LogP contribution in [0.25, 0.3) is 27.8 Å². The van der Waals surface area contributed by atoms with Crippen molar-refractivity contribution in [1.82, 2.24) is 29.7 Å². The molecule has 2 fully saturated rings. The van der Waals surface area contributed by atoms with E-state index in [1.165, 1.54) is 19.3 Å². The molecule has 10 heteroatoms. The van der Waals surface area contributed by atoms with E-state index in [1.807, 2.05) is 31.8 Å². The van der Waals surface area contributed by atoms with Gasteiger partial charge in [-0.3, -0.25) is 4.68 Å². The van der Waals surface area contributed by atoms with E-state index in [9.17, 15) is 5.26 Å². The van der Waals surface area contributed by atoms with Crippen LogP contribution in [0, 0.1) is 16.7 Å². The maximum Gasteiger partial charge on any atom is 0.128 e. The number of piperidine rings is 1. The van der Waals surface area contributed by atoms with Crippen molar-refractivity contribution in [3.63, 3.8) is 0 Å². The van der Waals surface area contributed by atoms with E-state index in [0.29, 0.717) is 11.0 Å². The quantitative estimate of drug-likeness (QED) is 0.446. The molecule has 182 valence electrons. The van der Waals surface area contributed by atoms with Crippen LogP contribution in [0.2, 0.25) is 0 Å². The van der Waals surface area contributed by atoms with E-state index in [4.69, 9.17) is 4.98 Å². The fourth-order valence-corrected chi connectivity index (χ4v) is 5.39. The lowest BCUT2D eigenvalue weighted by atomic mass is 9.80. The molecule has 0 aromatic carbocycles. The van der Waals surface area contributed by atoms with Crippen LogP contribution in [0.4, 0.5) is 5.82 Å². The molecule has 1 unspecified atom stereocenters. The molecule has 6 heterocycles. The molecule has 1 spiro atoms. The molecule has 4 aromatic heterocycles. The van der Waals surface area contributed by atoms with E-state index in [0.717, 1.165) is 59.8 Å². The second kappa shape index (κ2) is 9.86. The van der Waals surface area contributed by atoms with Crippen molar-refractivity contribution < 1.29 is 0 Å². The Kier molecular flexibility index (Phi) is 7.04. The smallest absolute Gasteiger partial charge is 0.128 e. The SMILES string of the molecule is Cl.Cl.Cn1cc(-c2cc(-c3ccc(N4CCC5(CCCNC5)C4)nc3)c3c(C#N)cnn3c2)cn1. The van der Waals surface area contributed by atoms with Crippen LogP contribution in [0.1, 0.15) is 24.8 Å². The van der Waals surface area contributed by atoms with E-state index < -0.39 is 0 Å². The molecule has 0 radical (unpaired) electrons. The number of nitrogens with zero attached hydrogens (tertiary/aromatic N) is 7. The van der Waals surface area contributed by atoms with Crippen molar-refractivity contribution in [1.29, 1.82) is 5.26 Å². The maximum atomic E-state index is 9.65. The summed E-state index contributed by atoms with van der Waals surface area (Å²) in [6, 6.07) is 8.60. The first kappa shape index (κ1) is 25.0. The van der Waals surface area contributed by atoms with Crippen LogP contribution < -0.4 is 10.2 Å². The Hall–Kier alpha value is -3.12. The molecule has 1 N–H and O–H groups in total. The van der Waals surface area contributed by atoms with Gasteiger partial charge in [0.2, 0.25) is 0 Å². The Morgan fingerprint density at radius 3 is 2.60 bits per heavy atom.